The summed E-state index contributed by atoms with van der Waals surface area (Å²) in [5.41, 5.74) is 9.37. The molecular weight excluding hydrogens is 534 g/mol. The first kappa shape index (κ1) is 28.8. The number of anilines is 2. The normalized spacial score (nSPS) is 14.7. The third kappa shape index (κ3) is 6.50. The van der Waals surface area contributed by atoms with Crippen LogP contribution in [0.3, 0.4) is 0 Å². The Hall–Kier alpha value is -5.34. The topological polar surface area (TPSA) is 12.5 Å². The van der Waals surface area contributed by atoms with Crippen molar-refractivity contribution in [1.29, 1.82) is 0 Å². The number of fused-ring (bicyclic) bond motifs is 2. The van der Waals surface area contributed by atoms with E-state index in [0.717, 1.165) is 40.7 Å². The molecule has 0 radical (unpaired) electrons. The van der Waals surface area contributed by atoms with Crippen molar-refractivity contribution in [3.05, 3.63) is 179 Å². The summed E-state index contributed by atoms with van der Waals surface area (Å²) in [6.45, 7) is 8.57. The molecule has 1 aliphatic heterocycles. The highest BCUT2D eigenvalue weighted by molar-refractivity contribution is 5.75. The van der Waals surface area contributed by atoms with Gasteiger partial charge in [0.2, 0.25) is 0 Å². The van der Waals surface area contributed by atoms with E-state index >= 15 is 0 Å². The summed E-state index contributed by atoms with van der Waals surface area (Å²) in [7, 11) is 0. The standard InChI is InChI=1S/C42H37NO/c1-4-39(24-19-31(2)33-13-7-5-8-14-33)43(40-25-22-36(23-26-40)34-15-9-6-10-16-34)41-27-28-42-38(30-41)21-20-35-17-11-12-18-37(35)29-32(3)44-42/h5-20,22-30H,3-4,21H2,1-2H3/b31-19+,35-20-,37-29-,39-24+. The molecule has 0 saturated heterocycles. The SMILES string of the molecule is C=C1/C=c2/cccc/c2=C/Cc2cc(N(/C(=C/C=C(\C)c3ccccc3)CC)c3ccc(-c4ccccc4)cc3)ccc2O1. The van der Waals surface area contributed by atoms with Gasteiger partial charge in [0.05, 0.1) is 0 Å². The quantitative estimate of drug-likeness (QED) is 0.180. The molecule has 0 unspecified atom stereocenters. The molecule has 2 nitrogen and oxygen atoms in total. The first-order valence-corrected chi connectivity index (χ1v) is 15.2. The molecular formula is C42H37NO. The van der Waals surface area contributed by atoms with Gasteiger partial charge in [-0.3, -0.25) is 0 Å². The zero-order valence-corrected chi connectivity index (χ0v) is 25.4. The predicted octanol–water partition coefficient (Wildman–Crippen LogP) is 9.60. The highest BCUT2D eigenvalue weighted by Gasteiger charge is 2.17. The Morgan fingerprint density at radius 2 is 1.36 bits per heavy atom. The molecule has 0 spiro atoms. The second-order valence-electron chi connectivity index (χ2n) is 11.0. The van der Waals surface area contributed by atoms with Crippen molar-refractivity contribution in [2.24, 2.45) is 0 Å². The molecule has 0 aromatic heterocycles. The van der Waals surface area contributed by atoms with Crippen LogP contribution in [0.25, 0.3) is 28.9 Å². The van der Waals surface area contributed by atoms with Gasteiger partial charge in [-0.15, -0.1) is 0 Å². The minimum atomic E-state index is 0.630. The second-order valence-corrected chi connectivity index (χ2v) is 11.0. The fourth-order valence-electron chi connectivity index (χ4n) is 5.64. The number of hydrogen-bond acceptors (Lipinski definition) is 2. The van der Waals surface area contributed by atoms with Gasteiger partial charge < -0.3 is 9.64 Å². The van der Waals surface area contributed by atoms with E-state index in [1.807, 2.05) is 12.1 Å². The third-order valence-electron chi connectivity index (χ3n) is 8.03. The molecule has 6 rings (SSSR count). The molecule has 0 fully saturated rings. The molecule has 5 aromatic rings. The van der Waals surface area contributed by atoms with Crippen LogP contribution in [0.15, 0.2) is 158 Å². The van der Waals surface area contributed by atoms with Crippen molar-refractivity contribution in [3.8, 4) is 16.9 Å². The van der Waals surface area contributed by atoms with Crippen LogP contribution in [-0.2, 0) is 6.42 Å². The number of ether oxygens (including phenoxy) is 1. The van der Waals surface area contributed by atoms with E-state index in [2.05, 4.69) is 165 Å². The zero-order chi connectivity index (χ0) is 30.3. The maximum Gasteiger partial charge on any atom is 0.131 e. The first-order valence-electron chi connectivity index (χ1n) is 15.2. The summed E-state index contributed by atoms with van der Waals surface area (Å²) >= 11 is 0. The molecule has 44 heavy (non-hydrogen) atoms. The number of benzene rings is 5. The van der Waals surface area contributed by atoms with Crippen LogP contribution in [0.4, 0.5) is 11.4 Å². The van der Waals surface area contributed by atoms with Gasteiger partial charge in [0.1, 0.15) is 11.5 Å². The number of hydrogen-bond donors (Lipinski definition) is 0. The summed E-state index contributed by atoms with van der Waals surface area (Å²) in [6, 6.07) is 44.8. The molecule has 0 aliphatic carbocycles. The van der Waals surface area contributed by atoms with Crippen LogP contribution in [0.5, 0.6) is 5.75 Å². The largest absolute Gasteiger partial charge is 0.458 e. The number of allylic oxidation sites excluding steroid dienone is 5. The molecule has 0 bridgehead atoms. The first-order chi connectivity index (χ1) is 21.6. The van der Waals surface area contributed by atoms with E-state index in [-0.39, 0.29) is 0 Å². The lowest BCUT2D eigenvalue weighted by atomic mass is 10.0. The molecule has 0 N–H and O–H groups in total. The third-order valence-corrected chi connectivity index (χ3v) is 8.03. The van der Waals surface area contributed by atoms with E-state index < -0.39 is 0 Å². The minimum Gasteiger partial charge on any atom is -0.458 e. The fraction of sp³-hybridized carbons (Fsp3) is 0.0952. The van der Waals surface area contributed by atoms with Crippen LogP contribution in [0, 0.1) is 0 Å². The Morgan fingerprint density at radius 3 is 2.09 bits per heavy atom. The maximum absolute atomic E-state index is 6.28. The Bertz CT molecular complexity index is 1950. The van der Waals surface area contributed by atoms with E-state index in [1.165, 1.54) is 33.2 Å². The molecule has 1 aliphatic rings. The van der Waals surface area contributed by atoms with Gasteiger partial charge in [-0.1, -0.05) is 123 Å². The van der Waals surface area contributed by atoms with Gasteiger partial charge in [-0.25, -0.2) is 0 Å². The van der Waals surface area contributed by atoms with E-state index in [4.69, 9.17) is 4.74 Å². The highest BCUT2D eigenvalue weighted by atomic mass is 16.5. The smallest absolute Gasteiger partial charge is 0.131 e. The Morgan fingerprint density at radius 1 is 0.727 bits per heavy atom. The second kappa shape index (κ2) is 13.3. The number of nitrogens with zero attached hydrogens (tertiary/aromatic N) is 1. The predicted molar refractivity (Wildman–Crippen MR) is 187 cm³/mol. The molecule has 0 atom stereocenters. The van der Waals surface area contributed by atoms with E-state index in [9.17, 15) is 0 Å². The van der Waals surface area contributed by atoms with Gasteiger partial charge in [0, 0.05) is 22.6 Å². The van der Waals surface area contributed by atoms with Crippen molar-refractivity contribution >= 4 is 29.1 Å². The average Bonchev–Trinajstić information content (AvgIpc) is 3.14. The summed E-state index contributed by atoms with van der Waals surface area (Å²) < 4.78 is 6.28. The number of rotatable bonds is 7. The fourth-order valence-corrected chi connectivity index (χ4v) is 5.64. The Kier molecular flexibility index (Phi) is 8.70. The van der Waals surface area contributed by atoms with Crippen LogP contribution >= 0.6 is 0 Å². The zero-order valence-electron chi connectivity index (χ0n) is 25.4. The molecule has 1 heterocycles. The van der Waals surface area contributed by atoms with Crippen LogP contribution in [-0.4, -0.2) is 0 Å². The minimum absolute atomic E-state index is 0.630. The van der Waals surface area contributed by atoms with Crippen molar-refractivity contribution in [3.63, 3.8) is 0 Å². The molecule has 216 valence electrons. The average molecular weight is 572 g/mol. The van der Waals surface area contributed by atoms with Crippen molar-refractivity contribution in [2.45, 2.75) is 26.7 Å². The van der Waals surface area contributed by atoms with E-state index in [0.29, 0.717) is 5.76 Å². The monoisotopic (exact) mass is 571 g/mol. The van der Waals surface area contributed by atoms with Crippen LogP contribution in [0.1, 0.15) is 31.4 Å². The lowest BCUT2D eigenvalue weighted by molar-refractivity contribution is 0.451. The molecule has 0 amide bonds. The van der Waals surface area contributed by atoms with E-state index in [1.54, 1.807) is 0 Å². The maximum atomic E-state index is 6.28. The van der Waals surface area contributed by atoms with Gasteiger partial charge in [-0.05, 0) is 95.0 Å². The van der Waals surface area contributed by atoms with Crippen LogP contribution in [0.2, 0.25) is 0 Å². The molecule has 5 aromatic carbocycles. The summed E-state index contributed by atoms with van der Waals surface area (Å²) in [5, 5.41) is 2.29. The van der Waals surface area contributed by atoms with Gasteiger partial charge in [-0.2, -0.15) is 0 Å². The summed E-state index contributed by atoms with van der Waals surface area (Å²) in [6.07, 6.45) is 10.4. The van der Waals surface area contributed by atoms with Gasteiger partial charge >= 0.3 is 0 Å². The Labute approximate surface area is 260 Å². The molecule has 2 heteroatoms. The van der Waals surface area contributed by atoms with Crippen molar-refractivity contribution in [1.82, 2.24) is 0 Å². The van der Waals surface area contributed by atoms with Crippen LogP contribution < -0.4 is 20.1 Å². The molecule has 0 saturated carbocycles. The lowest BCUT2D eigenvalue weighted by Gasteiger charge is -2.28. The van der Waals surface area contributed by atoms with Crippen molar-refractivity contribution in [2.75, 3.05) is 4.90 Å². The van der Waals surface area contributed by atoms with Gasteiger partial charge in [0.15, 0.2) is 0 Å². The van der Waals surface area contributed by atoms with Crippen molar-refractivity contribution < 1.29 is 4.74 Å². The Balaban J connectivity index is 1.45. The summed E-state index contributed by atoms with van der Waals surface area (Å²) in [4.78, 5) is 2.37. The highest BCUT2D eigenvalue weighted by Crippen LogP contribution is 2.36. The van der Waals surface area contributed by atoms with Gasteiger partial charge in [0.25, 0.3) is 0 Å². The summed E-state index contributed by atoms with van der Waals surface area (Å²) in [5.74, 6) is 1.46. The lowest BCUT2D eigenvalue weighted by Crippen LogP contribution is -2.24.